The van der Waals surface area contributed by atoms with Gasteiger partial charge < -0.3 is 9.47 Å². The summed E-state index contributed by atoms with van der Waals surface area (Å²) >= 11 is 0. The largest absolute Gasteiger partial charge is 0.459 e. The molecule has 0 aromatic rings. The number of ether oxygens (including phenoxy) is 2. The van der Waals surface area contributed by atoms with E-state index in [2.05, 4.69) is 6.92 Å². The number of hydrogen-bond donors (Lipinski definition) is 0. The zero-order valence-electron chi connectivity index (χ0n) is 15.2. The molecule has 4 fully saturated rings. The molecule has 0 amide bonds. The maximum atomic E-state index is 12.7. The van der Waals surface area contributed by atoms with E-state index < -0.39 is 16.4 Å². The zero-order chi connectivity index (χ0) is 17.1. The summed E-state index contributed by atoms with van der Waals surface area (Å²) in [6.45, 7) is 10.3. The van der Waals surface area contributed by atoms with Crippen LogP contribution in [0.5, 0.6) is 0 Å². The van der Waals surface area contributed by atoms with E-state index >= 15 is 0 Å². The van der Waals surface area contributed by atoms with Gasteiger partial charge in [0.1, 0.15) is 12.2 Å². The van der Waals surface area contributed by atoms with Crippen LogP contribution in [0.25, 0.3) is 0 Å². The molecule has 130 valence electrons. The van der Waals surface area contributed by atoms with E-state index in [1.165, 1.54) is 0 Å². The fourth-order valence-electron chi connectivity index (χ4n) is 5.22. The molecule has 2 saturated heterocycles. The van der Waals surface area contributed by atoms with E-state index in [0.717, 1.165) is 32.1 Å². The Hall–Kier alpha value is -0.900. The second-order valence-electron chi connectivity index (χ2n) is 9.48. The number of carbonyl (C=O) groups excluding carboxylic acids is 2. The van der Waals surface area contributed by atoms with Gasteiger partial charge in [0.05, 0.1) is 11.5 Å². The van der Waals surface area contributed by atoms with E-state index in [4.69, 9.17) is 9.47 Å². The van der Waals surface area contributed by atoms with Crippen molar-refractivity contribution in [3.8, 4) is 0 Å². The lowest BCUT2D eigenvalue weighted by Gasteiger charge is -2.59. The van der Waals surface area contributed by atoms with Crippen molar-refractivity contribution in [2.24, 2.45) is 16.2 Å². The third-order valence-corrected chi connectivity index (χ3v) is 6.47. The van der Waals surface area contributed by atoms with Crippen molar-refractivity contribution < 1.29 is 19.1 Å². The van der Waals surface area contributed by atoms with Gasteiger partial charge in [0.15, 0.2) is 5.78 Å². The Balaban J connectivity index is 1.95. The van der Waals surface area contributed by atoms with Crippen LogP contribution in [0, 0.1) is 16.2 Å². The molecule has 0 radical (unpaired) electrons. The first kappa shape index (κ1) is 16.9. The van der Waals surface area contributed by atoms with Crippen LogP contribution >= 0.6 is 0 Å². The molecule has 4 bridgehead atoms. The summed E-state index contributed by atoms with van der Waals surface area (Å²) in [5, 5.41) is 0. The van der Waals surface area contributed by atoms with Crippen molar-refractivity contribution in [1.29, 1.82) is 0 Å². The maximum Gasteiger partial charge on any atom is 0.312 e. The summed E-state index contributed by atoms with van der Waals surface area (Å²) in [6, 6.07) is 0. The van der Waals surface area contributed by atoms with Gasteiger partial charge in [-0.2, -0.15) is 0 Å². The van der Waals surface area contributed by atoms with Crippen LogP contribution in [0.3, 0.4) is 0 Å². The van der Waals surface area contributed by atoms with Gasteiger partial charge in [-0.1, -0.05) is 20.8 Å². The van der Waals surface area contributed by atoms with E-state index in [-0.39, 0.29) is 29.9 Å². The number of ketones is 1. The Kier molecular flexibility index (Phi) is 3.72. The summed E-state index contributed by atoms with van der Waals surface area (Å²) < 4.78 is 12.0. The average Bonchev–Trinajstić information content (AvgIpc) is 2.41. The molecule has 2 heterocycles. The highest BCUT2D eigenvalue weighted by molar-refractivity contribution is 5.86. The molecular weight excluding hydrogens is 292 g/mol. The Morgan fingerprint density at radius 3 is 2.61 bits per heavy atom. The standard InChI is InChI=1S/C19H30O4/c1-6-16(2,3)15(21)23-19-8-13-7-17(4,11-19)10-18(5,12-19)14(20)9-22-13/h13H,6-12H2,1-5H3. The Labute approximate surface area is 139 Å². The Morgan fingerprint density at radius 2 is 1.96 bits per heavy atom. The van der Waals surface area contributed by atoms with Gasteiger partial charge in [0, 0.05) is 11.8 Å². The maximum absolute atomic E-state index is 12.7. The first-order valence-corrected chi connectivity index (χ1v) is 8.90. The number of esters is 1. The quantitative estimate of drug-likeness (QED) is 0.744. The Bertz CT molecular complexity index is 539. The van der Waals surface area contributed by atoms with E-state index in [1.807, 2.05) is 27.7 Å². The third-order valence-electron chi connectivity index (χ3n) is 6.47. The molecule has 4 nitrogen and oxygen atoms in total. The van der Waals surface area contributed by atoms with Crippen LogP contribution in [0.15, 0.2) is 0 Å². The minimum Gasteiger partial charge on any atom is -0.459 e. The number of rotatable bonds is 3. The van der Waals surface area contributed by atoms with Gasteiger partial charge in [-0.05, 0) is 51.4 Å². The summed E-state index contributed by atoms with van der Waals surface area (Å²) in [5.74, 6) is 0.0308. The number of Topliss-reactive ketones (excluding diaryl/α,β-unsaturated/α-hetero) is 1. The molecule has 4 unspecified atom stereocenters. The van der Waals surface area contributed by atoms with Gasteiger partial charge >= 0.3 is 5.97 Å². The van der Waals surface area contributed by atoms with E-state index in [0.29, 0.717) is 6.42 Å². The number of hydrogen-bond acceptors (Lipinski definition) is 4. The predicted octanol–water partition coefficient (Wildman–Crippen LogP) is 3.66. The molecule has 0 N–H and O–H groups in total. The van der Waals surface area contributed by atoms with Gasteiger partial charge in [-0.25, -0.2) is 0 Å². The highest BCUT2D eigenvalue weighted by Gasteiger charge is 2.61. The van der Waals surface area contributed by atoms with Crippen LogP contribution in [0.1, 0.15) is 73.1 Å². The number of carbonyl (C=O) groups is 2. The van der Waals surface area contributed by atoms with Gasteiger partial charge in [-0.15, -0.1) is 0 Å². The molecule has 2 aliphatic heterocycles. The zero-order valence-corrected chi connectivity index (χ0v) is 15.2. The fraction of sp³-hybridized carbons (Fsp3) is 0.895. The normalized spacial score (nSPS) is 43.2. The minimum absolute atomic E-state index is 0.0165. The van der Waals surface area contributed by atoms with Crippen LogP contribution in [-0.2, 0) is 19.1 Å². The molecule has 0 aromatic heterocycles. The minimum atomic E-state index is -0.537. The lowest BCUT2D eigenvalue weighted by molar-refractivity contribution is -0.220. The second-order valence-corrected chi connectivity index (χ2v) is 9.48. The molecule has 0 aromatic carbocycles. The van der Waals surface area contributed by atoms with Gasteiger partial charge in [0.25, 0.3) is 0 Å². The van der Waals surface area contributed by atoms with Gasteiger partial charge in [0.2, 0.25) is 0 Å². The molecule has 4 atom stereocenters. The predicted molar refractivity (Wildman–Crippen MR) is 86.9 cm³/mol. The molecule has 4 rings (SSSR count). The lowest BCUT2D eigenvalue weighted by Crippen LogP contribution is -2.61. The summed E-state index contributed by atoms with van der Waals surface area (Å²) in [6.07, 6.45) is 4.86. The molecule has 23 heavy (non-hydrogen) atoms. The summed E-state index contributed by atoms with van der Waals surface area (Å²) in [7, 11) is 0. The molecular formula is C19H30O4. The second kappa shape index (κ2) is 5.05. The third kappa shape index (κ3) is 2.84. The van der Waals surface area contributed by atoms with Crippen LogP contribution < -0.4 is 0 Å². The van der Waals surface area contributed by atoms with Crippen molar-refractivity contribution in [3.63, 3.8) is 0 Å². The highest BCUT2D eigenvalue weighted by Crippen LogP contribution is 2.60. The molecule has 2 aliphatic carbocycles. The SMILES string of the molecule is CCC(C)(C)C(=O)OC12CC3CC(C)(C1)CC(C)(C2)C(=O)CO3. The smallest absolute Gasteiger partial charge is 0.312 e. The summed E-state index contributed by atoms with van der Waals surface area (Å²) in [4.78, 5) is 25.3. The summed E-state index contributed by atoms with van der Waals surface area (Å²) in [5.41, 5.74) is -1.44. The van der Waals surface area contributed by atoms with Crippen molar-refractivity contribution in [3.05, 3.63) is 0 Å². The van der Waals surface area contributed by atoms with E-state index in [9.17, 15) is 9.59 Å². The fourth-order valence-corrected chi connectivity index (χ4v) is 5.22. The van der Waals surface area contributed by atoms with E-state index in [1.54, 1.807) is 0 Å². The topological polar surface area (TPSA) is 52.6 Å². The van der Waals surface area contributed by atoms with Crippen molar-refractivity contribution >= 4 is 11.8 Å². The van der Waals surface area contributed by atoms with Crippen LogP contribution in [0.2, 0.25) is 0 Å². The first-order chi connectivity index (χ1) is 10.5. The molecule has 0 spiro atoms. The van der Waals surface area contributed by atoms with Gasteiger partial charge in [-0.3, -0.25) is 9.59 Å². The molecule has 2 saturated carbocycles. The molecule has 4 aliphatic rings. The van der Waals surface area contributed by atoms with Crippen molar-refractivity contribution in [2.45, 2.75) is 84.8 Å². The van der Waals surface area contributed by atoms with Crippen LogP contribution in [0.4, 0.5) is 0 Å². The van der Waals surface area contributed by atoms with Crippen molar-refractivity contribution in [2.75, 3.05) is 6.61 Å². The first-order valence-electron chi connectivity index (χ1n) is 8.90. The average molecular weight is 322 g/mol. The lowest BCUT2D eigenvalue weighted by atomic mass is 9.51. The Morgan fingerprint density at radius 1 is 1.26 bits per heavy atom. The highest BCUT2D eigenvalue weighted by atomic mass is 16.6. The monoisotopic (exact) mass is 322 g/mol. The molecule has 4 heteroatoms. The van der Waals surface area contributed by atoms with Crippen LogP contribution in [-0.4, -0.2) is 30.1 Å². The van der Waals surface area contributed by atoms with Crippen molar-refractivity contribution in [1.82, 2.24) is 0 Å². The number of fused-ring (bicyclic) bond motifs is 2.